The zero-order chi connectivity index (χ0) is 18.8. The minimum atomic E-state index is -0.0867. The van der Waals surface area contributed by atoms with E-state index in [4.69, 9.17) is 4.74 Å². The summed E-state index contributed by atoms with van der Waals surface area (Å²) in [5, 5.41) is 11.6. The van der Waals surface area contributed by atoms with Crippen molar-refractivity contribution in [3.05, 3.63) is 48.2 Å². The fourth-order valence-corrected chi connectivity index (χ4v) is 3.56. The predicted molar refractivity (Wildman–Crippen MR) is 104 cm³/mol. The normalized spacial score (nSPS) is 17.1. The number of hydrogen-bond acceptors (Lipinski definition) is 5. The van der Waals surface area contributed by atoms with Crippen LogP contribution in [0, 0.1) is 12.8 Å². The van der Waals surface area contributed by atoms with Gasteiger partial charge in [0.2, 0.25) is 11.9 Å². The standard InChI is InChI=1S/C20H23N5O2/c1-14-12-16(27-2)8-9-17(14)21-19(26)15-6-5-10-24(13-15)20-23-22-18-7-3-4-11-25(18)20/h3-4,7-9,11-12,15H,5-6,10,13H2,1-2H3,(H,21,26). The molecule has 3 heterocycles. The zero-order valence-electron chi connectivity index (χ0n) is 15.6. The van der Waals surface area contributed by atoms with Gasteiger partial charge < -0.3 is 15.0 Å². The molecule has 1 aromatic carbocycles. The van der Waals surface area contributed by atoms with Crippen LogP contribution in [0.2, 0.25) is 0 Å². The number of piperidine rings is 1. The highest BCUT2D eigenvalue weighted by Gasteiger charge is 2.28. The molecule has 1 atom stereocenters. The van der Waals surface area contributed by atoms with Crippen LogP contribution in [0.5, 0.6) is 5.75 Å². The van der Waals surface area contributed by atoms with E-state index in [0.29, 0.717) is 6.54 Å². The number of fused-ring (bicyclic) bond motifs is 1. The van der Waals surface area contributed by atoms with Crippen LogP contribution in [0.4, 0.5) is 11.6 Å². The molecule has 1 aliphatic heterocycles. The van der Waals surface area contributed by atoms with E-state index in [2.05, 4.69) is 20.4 Å². The van der Waals surface area contributed by atoms with Crippen molar-refractivity contribution in [1.82, 2.24) is 14.6 Å². The lowest BCUT2D eigenvalue weighted by Crippen LogP contribution is -2.41. The van der Waals surface area contributed by atoms with Crippen LogP contribution in [-0.4, -0.2) is 40.7 Å². The van der Waals surface area contributed by atoms with Crippen molar-refractivity contribution in [3.63, 3.8) is 0 Å². The molecular weight excluding hydrogens is 342 g/mol. The summed E-state index contributed by atoms with van der Waals surface area (Å²) in [5.41, 5.74) is 2.62. The van der Waals surface area contributed by atoms with Gasteiger partial charge in [0.1, 0.15) is 5.75 Å². The largest absolute Gasteiger partial charge is 0.497 e. The number of ether oxygens (including phenoxy) is 1. The molecule has 2 aromatic heterocycles. The number of aromatic nitrogens is 3. The van der Waals surface area contributed by atoms with E-state index in [1.807, 2.05) is 53.9 Å². The second-order valence-corrected chi connectivity index (χ2v) is 6.88. The molecule has 1 fully saturated rings. The average molecular weight is 365 g/mol. The highest BCUT2D eigenvalue weighted by molar-refractivity contribution is 5.93. The Balaban J connectivity index is 1.48. The van der Waals surface area contributed by atoms with Gasteiger partial charge in [0.15, 0.2) is 5.65 Å². The molecule has 0 bridgehead atoms. The van der Waals surface area contributed by atoms with Crippen molar-refractivity contribution in [2.75, 3.05) is 30.4 Å². The Hall–Kier alpha value is -3.09. The number of anilines is 2. The number of pyridine rings is 1. The summed E-state index contributed by atoms with van der Waals surface area (Å²) in [4.78, 5) is 15.0. The van der Waals surface area contributed by atoms with Crippen molar-refractivity contribution in [3.8, 4) is 5.75 Å². The molecule has 7 heteroatoms. The van der Waals surface area contributed by atoms with Crippen molar-refractivity contribution in [2.24, 2.45) is 5.92 Å². The second kappa shape index (κ2) is 7.26. The Morgan fingerprint density at radius 1 is 1.26 bits per heavy atom. The second-order valence-electron chi connectivity index (χ2n) is 6.88. The number of benzene rings is 1. The fourth-order valence-electron chi connectivity index (χ4n) is 3.56. The van der Waals surface area contributed by atoms with Crippen molar-refractivity contribution < 1.29 is 9.53 Å². The molecular formula is C20H23N5O2. The molecule has 7 nitrogen and oxygen atoms in total. The maximum Gasteiger partial charge on any atom is 0.231 e. The van der Waals surface area contributed by atoms with Crippen molar-refractivity contribution in [2.45, 2.75) is 19.8 Å². The minimum Gasteiger partial charge on any atom is -0.497 e. The maximum absolute atomic E-state index is 12.8. The van der Waals surface area contributed by atoms with Crippen molar-refractivity contribution in [1.29, 1.82) is 0 Å². The van der Waals surface area contributed by atoms with E-state index in [9.17, 15) is 4.79 Å². The average Bonchev–Trinajstić information content (AvgIpc) is 3.13. The molecule has 0 spiro atoms. The highest BCUT2D eigenvalue weighted by Crippen LogP contribution is 2.25. The Kier molecular flexibility index (Phi) is 4.66. The lowest BCUT2D eigenvalue weighted by molar-refractivity contribution is -0.120. The fraction of sp³-hybridized carbons (Fsp3) is 0.350. The van der Waals surface area contributed by atoms with Gasteiger partial charge in [0.05, 0.1) is 13.0 Å². The number of carbonyl (C=O) groups excluding carboxylic acids is 1. The lowest BCUT2D eigenvalue weighted by atomic mass is 9.97. The molecule has 1 N–H and O–H groups in total. The van der Waals surface area contributed by atoms with Crippen LogP contribution in [0.3, 0.4) is 0 Å². The molecule has 1 unspecified atom stereocenters. The van der Waals surface area contributed by atoms with Gasteiger partial charge in [-0.05, 0) is 55.7 Å². The first-order valence-electron chi connectivity index (χ1n) is 9.16. The van der Waals surface area contributed by atoms with Crippen LogP contribution < -0.4 is 15.0 Å². The Bertz CT molecular complexity index is 968. The molecule has 0 saturated carbocycles. The summed E-state index contributed by atoms with van der Waals surface area (Å²) in [6, 6.07) is 11.5. The zero-order valence-corrected chi connectivity index (χ0v) is 15.6. The van der Waals surface area contributed by atoms with Gasteiger partial charge in [0.25, 0.3) is 0 Å². The summed E-state index contributed by atoms with van der Waals surface area (Å²) in [6.07, 6.45) is 3.77. The third-order valence-electron chi connectivity index (χ3n) is 5.06. The number of hydrogen-bond donors (Lipinski definition) is 1. The molecule has 1 aliphatic rings. The molecule has 27 heavy (non-hydrogen) atoms. The maximum atomic E-state index is 12.8. The van der Waals surface area contributed by atoms with Gasteiger partial charge in [0, 0.05) is 25.0 Å². The number of nitrogens with zero attached hydrogens (tertiary/aromatic N) is 4. The Labute approximate surface area is 158 Å². The summed E-state index contributed by atoms with van der Waals surface area (Å²) >= 11 is 0. The quantitative estimate of drug-likeness (QED) is 0.770. The third-order valence-corrected chi connectivity index (χ3v) is 5.06. The van der Waals surface area contributed by atoms with E-state index in [1.54, 1.807) is 7.11 Å². The van der Waals surface area contributed by atoms with Gasteiger partial charge in [-0.25, -0.2) is 0 Å². The van der Waals surface area contributed by atoms with E-state index in [-0.39, 0.29) is 11.8 Å². The van der Waals surface area contributed by atoms with Gasteiger partial charge in [-0.3, -0.25) is 9.20 Å². The monoisotopic (exact) mass is 365 g/mol. The first-order chi connectivity index (χ1) is 13.2. The molecule has 4 rings (SSSR count). The number of rotatable bonds is 4. The van der Waals surface area contributed by atoms with Crippen LogP contribution in [0.15, 0.2) is 42.6 Å². The van der Waals surface area contributed by atoms with E-state index in [1.165, 1.54) is 0 Å². The van der Waals surface area contributed by atoms with E-state index in [0.717, 1.165) is 48.0 Å². The van der Waals surface area contributed by atoms with Gasteiger partial charge in [-0.1, -0.05) is 6.07 Å². The molecule has 0 radical (unpaired) electrons. The topological polar surface area (TPSA) is 71.8 Å². The third kappa shape index (κ3) is 3.45. The van der Waals surface area contributed by atoms with Gasteiger partial charge in [-0.15, -0.1) is 10.2 Å². The van der Waals surface area contributed by atoms with Crippen molar-refractivity contribution >= 4 is 23.2 Å². The van der Waals surface area contributed by atoms with Gasteiger partial charge in [-0.2, -0.15) is 0 Å². The lowest BCUT2D eigenvalue weighted by Gasteiger charge is -2.32. The first kappa shape index (κ1) is 17.3. The smallest absolute Gasteiger partial charge is 0.231 e. The number of nitrogens with one attached hydrogen (secondary N) is 1. The highest BCUT2D eigenvalue weighted by atomic mass is 16.5. The number of aryl methyl sites for hydroxylation is 1. The van der Waals surface area contributed by atoms with E-state index >= 15 is 0 Å². The number of amides is 1. The summed E-state index contributed by atoms with van der Waals surface area (Å²) in [6.45, 7) is 3.48. The molecule has 1 saturated heterocycles. The minimum absolute atomic E-state index is 0.0433. The van der Waals surface area contributed by atoms with Gasteiger partial charge >= 0.3 is 0 Å². The van der Waals surface area contributed by atoms with Crippen LogP contribution in [0.1, 0.15) is 18.4 Å². The SMILES string of the molecule is COc1ccc(NC(=O)C2CCCN(c3nnc4ccccn34)C2)c(C)c1. The van der Waals surface area contributed by atoms with E-state index < -0.39 is 0 Å². The predicted octanol–water partition coefficient (Wildman–Crippen LogP) is 2.90. The Morgan fingerprint density at radius 2 is 2.15 bits per heavy atom. The molecule has 3 aromatic rings. The molecule has 0 aliphatic carbocycles. The number of methoxy groups -OCH3 is 1. The van der Waals surface area contributed by atoms with Crippen LogP contribution >= 0.6 is 0 Å². The molecule has 140 valence electrons. The first-order valence-corrected chi connectivity index (χ1v) is 9.16. The Morgan fingerprint density at radius 3 is 2.96 bits per heavy atom. The summed E-state index contributed by atoms with van der Waals surface area (Å²) in [7, 11) is 1.64. The summed E-state index contributed by atoms with van der Waals surface area (Å²) < 4.78 is 7.19. The summed E-state index contributed by atoms with van der Waals surface area (Å²) in [5.74, 6) is 1.54. The molecule has 1 amide bonds. The van der Waals surface area contributed by atoms with Crippen LogP contribution in [-0.2, 0) is 4.79 Å². The van der Waals surface area contributed by atoms with Crippen LogP contribution in [0.25, 0.3) is 5.65 Å². The number of carbonyl (C=O) groups is 1.